The zero-order valence-electron chi connectivity index (χ0n) is 23.8. The van der Waals surface area contributed by atoms with Gasteiger partial charge < -0.3 is 30.8 Å². The molecule has 1 aromatic carbocycles. The summed E-state index contributed by atoms with van der Waals surface area (Å²) in [6.45, 7) is 10.6. The van der Waals surface area contributed by atoms with E-state index in [1.54, 1.807) is 0 Å². The minimum atomic E-state index is -0.226. The zero-order valence-corrected chi connectivity index (χ0v) is 23.8. The van der Waals surface area contributed by atoms with Crippen LogP contribution in [-0.2, 0) is 6.54 Å². The molecule has 3 rings (SSSR count). The first-order chi connectivity index (χ1) is 17.5. The number of benzene rings is 1. The fourth-order valence-electron chi connectivity index (χ4n) is 5.79. The average molecular weight is 509 g/mol. The third-order valence-electron chi connectivity index (χ3n) is 7.83. The topological polar surface area (TPSA) is 104 Å². The molecule has 1 fully saturated rings. The lowest BCUT2D eigenvalue weighted by Gasteiger charge is -2.41. The number of nitrogens with one attached hydrogen (secondary N) is 4. The van der Waals surface area contributed by atoms with Crippen LogP contribution in [0.3, 0.4) is 0 Å². The van der Waals surface area contributed by atoms with E-state index in [0.29, 0.717) is 28.9 Å². The standard InChI is InChI=1S/C29H44N6O2/c1-9-35(22-12-10-21(11-13-22)34(7)8)27-19(4)23(15-25(31-6)26(27)20(5)30)28(36)32-16-24-17(2)14-18(3)33-29(24)37/h14-15,21-22,30-31H,9-13,16H2,1-8H3,(H,32,36)(H,33,37). The highest BCUT2D eigenvalue weighted by atomic mass is 16.1. The molecule has 8 heteroatoms. The summed E-state index contributed by atoms with van der Waals surface area (Å²) in [5, 5.41) is 14.8. The number of nitrogens with zero attached hydrogens (tertiary/aromatic N) is 2. The SMILES string of the molecule is CCN(c1c(C)c(C(=O)NCc2c(C)cc(C)[nH]c2=O)cc(NC)c1C(C)=N)C1CCC(N(C)C)CC1. The summed E-state index contributed by atoms with van der Waals surface area (Å²) >= 11 is 0. The molecule has 4 N–H and O–H groups in total. The molecule has 2 aromatic rings. The maximum absolute atomic E-state index is 13.5. The highest BCUT2D eigenvalue weighted by Crippen LogP contribution is 2.38. The number of hydrogen-bond donors (Lipinski definition) is 4. The number of hydrogen-bond acceptors (Lipinski definition) is 6. The van der Waals surface area contributed by atoms with Gasteiger partial charge >= 0.3 is 0 Å². The van der Waals surface area contributed by atoms with Gasteiger partial charge in [0.1, 0.15) is 0 Å². The molecule has 0 atom stereocenters. The van der Waals surface area contributed by atoms with Gasteiger partial charge in [-0.25, -0.2) is 0 Å². The predicted octanol–water partition coefficient (Wildman–Crippen LogP) is 4.36. The van der Waals surface area contributed by atoms with Gasteiger partial charge in [-0.15, -0.1) is 0 Å². The number of aromatic amines is 1. The van der Waals surface area contributed by atoms with Crippen LogP contribution in [0.25, 0.3) is 0 Å². The van der Waals surface area contributed by atoms with Crippen molar-refractivity contribution in [3.63, 3.8) is 0 Å². The summed E-state index contributed by atoms with van der Waals surface area (Å²) in [5.41, 5.74) is 6.51. The van der Waals surface area contributed by atoms with Crippen LogP contribution in [0.4, 0.5) is 11.4 Å². The minimum absolute atomic E-state index is 0.154. The van der Waals surface area contributed by atoms with Gasteiger partial charge in [0.2, 0.25) is 0 Å². The first kappa shape index (κ1) is 28.4. The lowest BCUT2D eigenvalue weighted by atomic mass is 9.87. The maximum Gasteiger partial charge on any atom is 0.253 e. The molecule has 0 spiro atoms. The Hall–Kier alpha value is -3.13. The van der Waals surface area contributed by atoms with Crippen molar-refractivity contribution >= 4 is 23.0 Å². The van der Waals surface area contributed by atoms with E-state index in [1.165, 1.54) is 0 Å². The quantitative estimate of drug-likeness (QED) is 0.377. The highest BCUT2D eigenvalue weighted by Gasteiger charge is 2.31. The van der Waals surface area contributed by atoms with Crippen LogP contribution in [0.1, 0.15) is 77.8 Å². The Morgan fingerprint density at radius 2 is 1.73 bits per heavy atom. The largest absolute Gasteiger partial charge is 0.388 e. The molecule has 1 aliphatic rings. The number of H-pyrrole nitrogens is 1. The number of carbonyl (C=O) groups is 1. The first-order valence-electron chi connectivity index (χ1n) is 13.3. The van der Waals surface area contributed by atoms with Crippen molar-refractivity contribution in [1.82, 2.24) is 15.2 Å². The Balaban J connectivity index is 2.00. The molecule has 1 aliphatic carbocycles. The number of anilines is 2. The summed E-state index contributed by atoms with van der Waals surface area (Å²) in [6.07, 6.45) is 4.42. The van der Waals surface area contributed by atoms with Gasteiger partial charge in [0.05, 0.1) is 5.69 Å². The van der Waals surface area contributed by atoms with Crippen LogP contribution in [0.2, 0.25) is 0 Å². The smallest absolute Gasteiger partial charge is 0.253 e. The van der Waals surface area contributed by atoms with Gasteiger partial charge in [0.25, 0.3) is 11.5 Å². The Morgan fingerprint density at radius 3 is 2.24 bits per heavy atom. The van der Waals surface area contributed by atoms with Crippen LogP contribution in [0.5, 0.6) is 0 Å². The third-order valence-corrected chi connectivity index (χ3v) is 7.83. The monoisotopic (exact) mass is 508 g/mol. The van der Waals surface area contributed by atoms with Gasteiger partial charge in [-0.2, -0.15) is 0 Å². The maximum atomic E-state index is 13.5. The molecule has 1 amide bonds. The van der Waals surface area contributed by atoms with Crippen molar-refractivity contribution < 1.29 is 4.79 Å². The fourth-order valence-corrected chi connectivity index (χ4v) is 5.79. The van der Waals surface area contributed by atoms with Crippen molar-refractivity contribution in [2.24, 2.45) is 0 Å². The Morgan fingerprint density at radius 1 is 1.11 bits per heavy atom. The van der Waals surface area contributed by atoms with E-state index in [1.807, 2.05) is 46.9 Å². The molecule has 0 saturated heterocycles. The van der Waals surface area contributed by atoms with E-state index < -0.39 is 0 Å². The van der Waals surface area contributed by atoms with Crippen molar-refractivity contribution in [3.05, 3.63) is 56.0 Å². The van der Waals surface area contributed by atoms with E-state index >= 15 is 0 Å². The second-order valence-electron chi connectivity index (χ2n) is 10.5. The molecule has 0 radical (unpaired) electrons. The molecular weight excluding hydrogens is 464 g/mol. The fraction of sp³-hybridized carbons (Fsp3) is 0.552. The molecule has 1 aromatic heterocycles. The summed E-state index contributed by atoms with van der Waals surface area (Å²) < 4.78 is 0. The molecule has 202 valence electrons. The van der Waals surface area contributed by atoms with Crippen LogP contribution in [-0.4, -0.2) is 61.3 Å². The Bertz CT molecular complexity index is 1210. The lowest BCUT2D eigenvalue weighted by molar-refractivity contribution is 0.0950. The summed E-state index contributed by atoms with van der Waals surface area (Å²) in [4.78, 5) is 33.5. The zero-order chi connectivity index (χ0) is 27.4. The number of rotatable bonds is 9. The Labute approximate surface area is 221 Å². The first-order valence-corrected chi connectivity index (χ1v) is 13.3. The number of aryl methyl sites for hydroxylation is 2. The summed E-state index contributed by atoms with van der Waals surface area (Å²) in [5.74, 6) is -0.226. The van der Waals surface area contributed by atoms with Crippen LogP contribution in [0.15, 0.2) is 16.9 Å². The van der Waals surface area contributed by atoms with Crippen molar-refractivity contribution in [1.29, 1.82) is 5.41 Å². The minimum Gasteiger partial charge on any atom is -0.388 e. The number of carbonyl (C=O) groups excluding carboxylic acids is 1. The molecule has 37 heavy (non-hydrogen) atoms. The number of amides is 1. The second kappa shape index (κ2) is 11.9. The number of pyridine rings is 1. The van der Waals surface area contributed by atoms with Gasteiger partial charge in [-0.1, -0.05) is 0 Å². The molecule has 0 unspecified atom stereocenters. The van der Waals surface area contributed by atoms with Gasteiger partial charge in [-0.05, 0) is 97.7 Å². The van der Waals surface area contributed by atoms with Gasteiger partial charge in [0, 0.05) is 66.0 Å². The molecule has 0 aliphatic heterocycles. The van der Waals surface area contributed by atoms with Gasteiger partial charge in [-0.3, -0.25) is 9.59 Å². The van der Waals surface area contributed by atoms with Crippen molar-refractivity contribution in [3.8, 4) is 0 Å². The van der Waals surface area contributed by atoms with Crippen LogP contribution < -0.4 is 21.1 Å². The normalized spacial score (nSPS) is 17.5. The van der Waals surface area contributed by atoms with Crippen LogP contribution in [0, 0.1) is 26.2 Å². The van der Waals surface area contributed by atoms with Crippen molar-refractivity contribution in [2.75, 3.05) is 37.9 Å². The van der Waals surface area contributed by atoms with E-state index in [-0.39, 0.29) is 18.0 Å². The summed E-state index contributed by atoms with van der Waals surface area (Å²) in [6, 6.07) is 4.70. The van der Waals surface area contributed by atoms with E-state index in [0.717, 1.165) is 66.0 Å². The average Bonchev–Trinajstić information content (AvgIpc) is 2.84. The molecular formula is C29H44N6O2. The summed E-state index contributed by atoms with van der Waals surface area (Å²) in [7, 11) is 6.13. The molecule has 1 saturated carbocycles. The lowest BCUT2D eigenvalue weighted by Crippen LogP contribution is -2.43. The van der Waals surface area contributed by atoms with Crippen LogP contribution >= 0.6 is 0 Å². The van der Waals surface area contributed by atoms with E-state index in [4.69, 9.17) is 5.41 Å². The molecule has 0 bridgehead atoms. The highest BCUT2D eigenvalue weighted by molar-refractivity contribution is 6.10. The number of aromatic nitrogens is 1. The second-order valence-corrected chi connectivity index (χ2v) is 10.5. The Kier molecular flexibility index (Phi) is 9.18. The van der Waals surface area contributed by atoms with Crippen molar-refractivity contribution in [2.45, 2.75) is 78.9 Å². The van der Waals surface area contributed by atoms with Gasteiger partial charge in [0.15, 0.2) is 0 Å². The van der Waals surface area contributed by atoms with E-state index in [9.17, 15) is 9.59 Å². The molecule has 1 heterocycles. The predicted molar refractivity (Wildman–Crippen MR) is 154 cm³/mol. The third kappa shape index (κ3) is 6.06. The molecule has 8 nitrogen and oxygen atoms in total. The van der Waals surface area contributed by atoms with E-state index in [2.05, 4.69) is 46.4 Å².